The number of nitrogens with zero attached hydrogens (tertiary/aromatic N) is 1. The lowest BCUT2D eigenvalue weighted by Gasteiger charge is -2.16. The molecule has 0 unspecified atom stereocenters. The molecule has 1 heterocycles. The maximum atomic E-state index is 8.85. The number of hydrogen-bond acceptors (Lipinski definition) is 3. The third kappa shape index (κ3) is 4.49. The third-order valence-corrected chi connectivity index (χ3v) is 2.39. The Hall–Kier alpha value is -0.800. The lowest BCUT2D eigenvalue weighted by atomic mass is 10.1. The van der Waals surface area contributed by atoms with Crippen molar-refractivity contribution in [1.82, 2.24) is 4.90 Å². The van der Waals surface area contributed by atoms with Gasteiger partial charge in [-0.05, 0) is 38.1 Å². The molecule has 0 bridgehead atoms. The van der Waals surface area contributed by atoms with Crippen LogP contribution < -0.4 is 0 Å². The fourth-order valence-electron chi connectivity index (χ4n) is 1.42. The molecule has 0 saturated heterocycles. The van der Waals surface area contributed by atoms with Gasteiger partial charge in [0.25, 0.3) is 0 Å². The van der Waals surface area contributed by atoms with Gasteiger partial charge in [0, 0.05) is 0 Å². The van der Waals surface area contributed by atoms with Gasteiger partial charge in [-0.15, -0.1) is 0 Å². The zero-order chi connectivity index (χ0) is 11.3. The molecule has 1 rings (SSSR count). The van der Waals surface area contributed by atoms with Gasteiger partial charge in [-0.2, -0.15) is 0 Å². The predicted molar refractivity (Wildman–Crippen MR) is 60.4 cm³/mol. The molecule has 0 atom stereocenters. The molecule has 0 saturated carbocycles. The van der Waals surface area contributed by atoms with Crippen LogP contribution in [0.15, 0.2) is 16.5 Å². The minimum atomic E-state index is -0.0181. The van der Waals surface area contributed by atoms with Crippen molar-refractivity contribution in [1.29, 1.82) is 0 Å². The highest BCUT2D eigenvalue weighted by Crippen LogP contribution is 2.10. The molecule has 0 aliphatic rings. The summed E-state index contributed by atoms with van der Waals surface area (Å²) in [6.45, 7) is 6.32. The molecule has 0 fully saturated rings. The minimum absolute atomic E-state index is 0.0181. The van der Waals surface area contributed by atoms with Gasteiger partial charge in [0.15, 0.2) is 0 Å². The Kier molecular flexibility index (Phi) is 4.85. The van der Waals surface area contributed by atoms with Crippen LogP contribution in [0.25, 0.3) is 0 Å². The van der Waals surface area contributed by atoms with E-state index in [0.717, 1.165) is 24.8 Å². The summed E-state index contributed by atoms with van der Waals surface area (Å²) >= 11 is 0. The van der Waals surface area contributed by atoms with E-state index in [2.05, 4.69) is 25.8 Å². The Balaban J connectivity index is 2.33. The second kappa shape index (κ2) is 5.93. The standard InChI is InChI=1S/C12H21NO2/c1-10(2)6-7-13(3)8-11-4-5-12(9-14)15-11/h4-5,10,14H,6-9H2,1-3H3. The molecule has 86 valence electrons. The highest BCUT2D eigenvalue weighted by atomic mass is 16.4. The van der Waals surface area contributed by atoms with E-state index in [9.17, 15) is 0 Å². The first kappa shape index (κ1) is 12.3. The van der Waals surface area contributed by atoms with Crippen LogP contribution in [-0.4, -0.2) is 23.6 Å². The summed E-state index contributed by atoms with van der Waals surface area (Å²) in [5.41, 5.74) is 0. The van der Waals surface area contributed by atoms with E-state index in [1.807, 2.05) is 12.1 Å². The van der Waals surface area contributed by atoms with Crippen LogP contribution in [0.2, 0.25) is 0 Å². The summed E-state index contributed by atoms with van der Waals surface area (Å²) in [4.78, 5) is 2.24. The molecular formula is C12H21NO2. The SMILES string of the molecule is CC(C)CCN(C)Cc1ccc(CO)o1. The molecule has 0 aliphatic heterocycles. The maximum Gasteiger partial charge on any atom is 0.129 e. The van der Waals surface area contributed by atoms with E-state index >= 15 is 0 Å². The Bertz CT molecular complexity index is 281. The largest absolute Gasteiger partial charge is 0.462 e. The Morgan fingerprint density at radius 1 is 1.33 bits per heavy atom. The highest BCUT2D eigenvalue weighted by Gasteiger charge is 2.05. The van der Waals surface area contributed by atoms with E-state index in [-0.39, 0.29) is 6.61 Å². The third-order valence-electron chi connectivity index (χ3n) is 2.39. The highest BCUT2D eigenvalue weighted by molar-refractivity contribution is 5.06. The van der Waals surface area contributed by atoms with Crippen molar-refractivity contribution in [2.45, 2.75) is 33.4 Å². The second-order valence-corrected chi connectivity index (χ2v) is 4.45. The van der Waals surface area contributed by atoms with Crippen molar-refractivity contribution in [3.8, 4) is 0 Å². The van der Waals surface area contributed by atoms with Crippen LogP contribution in [0, 0.1) is 5.92 Å². The maximum absolute atomic E-state index is 8.85. The number of aliphatic hydroxyl groups excluding tert-OH is 1. The Morgan fingerprint density at radius 2 is 2.00 bits per heavy atom. The molecule has 0 aliphatic carbocycles. The van der Waals surface area contributed by atoms with Gasteiger partial charge in [0.1, 0.15) is 18.1 Å². The fourth-order valence-corrected chi connectivity index (χ4v) is 1.42. The van der Waals surface area contributed by atoms with Crippen LogP contribution >= 0.6 is 0 Å². The number of aliphatic hydroxyl groups is 1. The summed E-state index contributed by atoms with van der Waals surface area (Å²) in [5.74, 6) is 2.30. The second-order valence-electron chi connectivity index (χ2n) is 4.45. The van der Waals surface area contributed by atoms with E-state index in [1.54, 1.807) is 0 Å². The summed E-state index contributed by atoms with van der Waals surface area (Å²) < 4.78 is 5.42. The smallest absolute Gasteiger partial charge is 0.129 e. The molecule has 0 aromatic carbocycles. The molecule has 1 N–H and O–H groups in total. The van der Waals surface area contributed by atoms with Crippen molar-refractivity contribution >= 4 is 0 Å². The zero-order valence-electron chi connectivity index (χ0n) is 9.86. The van der Waals surface area contributed by atoms with Gasteiger partial charge in [0.2, 0.25) is 0 Å². The van der Waals surface area contributed by atoms with Crippen LogP contribution in [-0.2, 0) is 13.2 Å². The van der Waals surface area contributed by atoms with Crippen molar-refractivity contribution in [2.75, 3.05) is 13.6 Å². The van der Waals surface area contributed by atoms with E-state index in [1.165, 1.54) is 6.42 Å². The average molecular weight is 211 g/mol. The molecule has 3 nitrogen and oxygen atoms in total. The Morgan fingerprint density at radius 3 is 2.53 bits per heavy atom. The van der Waals surface area contributed by atoms with Crippen molar-refractivity contribution in [2.24, 2.45) is 5.92 Å². The van der Waals surface area contributed by atoms with E-state index in [0.29, 0.717) is 5.76 Å². The van der Waals surface area contributed by atoms with E-state index < -0.39 is 0 Å². The van der Waals surface area contributed by atoms with Crippen molar-refractivity contribution in [3.63, 3.8) is 0 Å². The molecule has 0 amide bonds. The monoisotopic (exact) mass is 211 g/mol. The first-order valence-electron chi connectivity index (χ1n) is 5.48. The fraction of sp³-hybridized carbons (Fsp3) is 0.667. The lowest BCUT2D eigenvalue weighted by Crippen LogP contribution is -2.19. The van der Waals surface area contributed by atoms with Gasteiger partial charge in [-0.1, -0.05) is 13.8 Å². The van der Waals surface area contributed by atoms with Crippen LogP contribution in [0.5, 0.6) is 0 Å². The zero-order valence-corrected chi connectivity index (χ0v) is 9.86. The normalized spacial score (nSPS) is 11.6. The molecule has 1 aromatic heterocycles. The van der Waals surface area contributed by atoms with Crippen LogP contribution in [0.1, 0.15) is 31.8 Å². The summed E-state index contributed by atoms with van der Waals surface area (Å²) in [7, 11) is 2.09. The number of rotatable bonds is 6. The lowest BCUT2D eigenvalue weighted by molar-refractivity contribution is 0.230. The first-order chi connectivity index (χ1) is 7.11. The predicted octanol–water partition coefficient (Wildman–Crippen LogP) is 2.25. The van der Waals surface area contributed by atoms with Gasteiger partial charge >= 0.3 is 0 Å². The molecule has 0 radical (unpaired) electrons. The van der Waals surface area contributed by atoms with Gasteiger partial charge in [-0.25, -0.2) is 0 Å². The quantitative estimate of drug-likeness (QED) is 0.784. The topological polar surface area (TPSA) is 36.6 Å². The minimum Gasteiger partial charge on any atom is -0.462 e. The molecular weight excluding hydrogens is 190 g/mol. The van der Waals surface area contributed by atoms with Crippen LogP contribution in [0.4, 0.5) is 0 Å². The van der Waals surface area contributed by atoms with E-state index in [4.69, 9.17) is 9.52 Å². The summed E-state index contributed by atoms with van der Waals surface area (Å²) in [6, 6.07) is 3.75. The summed E-state index contributed by atoms with van der Waals surface area (Å²) in [6.07, 6.45) is 1.20. The van der Waals surface area contributed by atoms with Gasteiger partial charge in [0.05, 0.1) is 6.54 Å². The summed E-state index contributed by atoms with van der Waals surface area (Å²) in [5, 5.41) is 8.85. The van der Waals surface area contributed by atoms with Gasteiger partial charge in [-0.3, -0.25) is 4.90 Å². The number of hydrogen-bond donors (Lipinski definition) is 1. The average Bonchev–Trinajstić information content (AvgIpc) is 2.62. The molecule has 15 heavy (non-hydrogen) atoms. The number of furan rings is 1. The first-order valence-corrected chi connectivity index (χ1v) is 5.48. The van der Waals surface area contributed by atoms with Crippen molar-refractivity contribution < 1.29 is 9.52 Å². The molecule has 1 aromatic rings. The van der Waals surface area contributed by atoms with Crippen molar-refractivity contribution in [3.05, 3.63) is 23.7 Å². The van der Waals surface area contributed by atoms with Gasteiger partial charge < -0.3 is 9.52 Å². The molecule has 0 spiro atoms. The Labute approximate surface area is 91.7 Å². The molecule has 3 heteroatoms. The van der Waals surface area contributed by atoms with Crippen LogP contribution in [0.3, 0.4) is 0 Å².